The molecular formula is C20H21FN6O. The highest BCUT2D eigenvalue weighted by Crippen LogP contribution is 2.56. The summed E-state index contributed by atoms with van der Waals surface area (Å²) in [4.78, 5) is 27.6. The third kappa shape index (κ3) is 2.80. The summed E-state index contributed by atoms with van der Waals surface area (Å²) in [5.74, 6) is 0.537. The number of nitrogens with zero attached hydrogens (tertiary/aromatic N) is 5. The zero-order valence-corrected chi connectivity index (χ0v) is 15.8. The van der Waals surface area contributed by atoms with Gasteiger partial charge in [-0.05, 0) is 31.1 Å². The highest BCUT2D eigenvalue weighted by atomic mass is 19.1. The van der Waals surface area contributed by atoms with Crippen LogP contribution in [0.2, 0.25) is 0 Å². The number of aromatic nitrogens is 4. The minimum Gasteiger partial charge on any atom is -0.354 e. The SMILES string of the molecule is Cc1cn2cc(NC(=O)c3cnc(N4CC(C)C5(CC5)C4)cn3)cc(F)c2n1. The van der Waals surface area contributed by atoms with Gasteiger partial charge in [-0.3, -0.25) is 4.79 Å². The number of pyridine rings is 1. The smallest absolute Gasteiger partial charge is 0.275 e. The third-order valence-electron chi connectivity index (χ3n) is 6.02. The van der Waals surface area contributed by atoms with E-state index in [0.717, 1.165) is 18.9 Å². The van der Waals surface area contributed by atoms with E-state index < -0.39 is 11.7 Å². The van der Waals surface area contributed by atoms with Crippen molar-refractivity contribution in [3.8, 4) is 0 Å². The first-order valence-corrected chi connectivity index (χ1v) is 9.47. The Labute approximate surface area is 161 Å². The fourth-order valence-corrected chi connectivity index (χ4v) is 4.16. The van der Waals surface area contributed by atoms with Gasteiger partial charge in [-0.2, -0.15) is 0 Å². The summed E-state index contributed by atoms with van der Waals surface area (Å²) in [6.07, 6.45) is 9.02. The van der Waals surface area contributed by atoms with Crippen molar-refractivity contribution in [3.63, 3.8) is 0 Å². The fraction of sp³-hybridized carbons (Fsp3) is 0.400. The molecule has 0 bridgehead atoms. The largest absolute Gasteiger partial charge is 0.354 e. The maximum absolute atomic E-state index is 14.2. The Hall–Kier alpha value is -3.03. The van der Waals surface area contributed by atoms with Crippen LogP contribution in [0.1, 0.15) is 35.9 Å². The molecule has 1 amide bonds. The van der Waals surface area contributed by atoms with E-state index in [-0.39, 0.29) is 11.3 Å². The van der Waals surface area contributed by atoms with Crippen LogP contribution in [0.25, 0.3) is 5.65 Å². The summed E-state index contributed by atoms with van der Waals surface area (Å²) in [6, 6.07) is 1.25. The van der Waals surface area contributed by atoms with Crippen molar-refractivity contribution in [1.82, 2.24) is 19.4 Å². The van der Waals surface area contributed by atoms with Crippen LogP contribution in [0, 0.1) is 24.1 Å². The first-order valence-electron chi connectivity index (χ1n) is 9.47. The molecule has 28 heavy (non-hydrogen) atoms. The number of carbonyl (C=O) groups is 1. The van der Waals surface area contributed by atoms with E-state index in [9.17, 15) is 9.18 Å². The molecule has 1 saturated heterocycles. The van der Waals surface area contributed by atoms with Crippen LogP contribution in [0.3, 0.4) is 0 Å². The lowest BCUT2D eigenvalue weighted by molar-refractivity contribution is 0.102. The Bertz CT molecular complexity index is 1070. The minimum absolute atomic E-state index is 0.194. The minimum atomic E-state index is -0.496. The summed E-state index contributed by atoms with van der Waals surface area (Å²) in [6.45, 7) is 6.07. The van der Waals surface area contributed by atoms with Gasteiger partial charge in [-0.1, -0.05) is 6.92 Å². The molecule has 0 radical (unpaired) electrons. The molecule has 3 aromatic heterocycles. The molecule has 1 aliphatic heterocycles. The number of hydrogen-bond donors (Lipinski definition) is 1. The molecule has 5 rings (SSSR count). The number of nitrogens with one attached hydrogen (secondary N) is 1. The summed E-state index contributed by atoms with van der Waals surface area (Å²) in [5, 5.41) is 2.68. The molecule has 1 aliphatic carbocycles. The molecule has 4 heterocycles. The molecule has 2 aliphatic rings. The number of amides is 1. The average Bonchev–Trinajstić information content (AvgIpc) is 3.24. The number of carbonyl (C=O) groups excluding carboxylic acids is 1. The Morgan fingerprint density at radius 1 is 1.29 bits per heavy atom. The van der Waals surface area contributed by atoms with Crippen molar-refractivity contribution in [1.29, 1.82) is 0 Å². The van der Waals surface area contributed by atoms with Gasteiger partial charge in [0.2, 0.25) is 0 Å². The first kappa shape index (κ1) is 17.1. The normalized spacial score (nSPS) is 20.1. The molecule has 3 aromatic rings. The highest BCUT2D eigenvalue weighted by Gasteiger charge is 2.53. The van der Waals surface area contributed by atoms with Gasteiger partial charge in [-0.15, -0.1) is 0 Å². The van der Waals surface area contributed by atoms with E-state index in [0.29, 0.717) is 22.7 Å². The maximum atomic E-state index is 14.2. The van der Waals surface area contributed by atoms with E-state index in [1.54, 1.807) is 29.9 Å². The Morgan fingerprint density at radius 2 is 2.11 bits per heavy atom. The molecule has 1 saturated carbocycles. The molecule has 1 spiro atoms. The van der Waals surface area contributed by atoms with Crippen LogP contribution in [-0.4, -0.2) is 38.3 Å². The second kappa shape index (κ2) is 5.98. The lowest BCUT2D eigenvalue weighted by Gasteiger charge is -2.16. The van der Waals surface area contributed by atoms with Gasteiger partial charge >= 0.3 is 0 Å². The second-order valence-electron chi connectivity index (χ2n) is 8.05. The van der Waals surface area contributed by atoms with E-state index in [1.807, 2.05) is 0 Å². The van der Waals surface area contributed by atoms with Crippen molar-refractivity contribution in [2.45, 2.75) is 26.7 Å². The van der Waals surface area contributed by atoms with Crippen molar-refractivity contribution in [2.75, 3.05) is 23.3 Å². The van der Waals surface area contributed by atoms with Gasteiger partial charge in [-0.25, -0.2) is 19.3 Å². The van der Waals surface area contributed by atoms with Crippen LogP contribution >= 0.6 is 0 Å². The predicted molar refractivity (Wildman–Crippen MR) is 103 cm³/mol. The Kier molecular flexibility index (Phi) is 3.65. The van der Waals surface area contributed by atoms with Crippen LogP contribution < -0.4 is 10.2 Å². The zero-order valence-electron chi connectivity index (χ0n) is 15.8. The molecule has 1 atom stereocenters. The molecule has 7 nitrogen and oxygen atoms in total. The summed E-state index contributed by atoms with van der Waals surface area (Å²) in [7, 11) is 0. The first-order chi connectivity index (χ1) is 13.4. The number of imidazole rings is 1. The Morgan fingerprint density at radius 3 is 2.79 bits per heavy atom. The zero-order chi connectivity index (χ0) is 19.5. The molecule has 144 valence electrons. The molecule has 1 unspecified atom stereocenters. The second-order valence-corrected chi connectivity index (χ2v) is 8.05. The summed E-state index contributed by atoms with van der Waals surface area (Å²) in [5.41, 5.74) is 1.93. The molecule has 2 fully saturated rings. The summed E-state index contributed by atoms with van der Waals surface area (Å²) < 4.78 is 15.7. The standard InChI is InChI=1S/C20H21FN6O/c1-12-8-27(11-20(12)3-4-20)17-7-22-16(6-23-17)19(28)25-14-5-15(21)18-24-13(2)9-26(18)10-14/h5-7,9-10,12H,3-4,8,11H2,1-2H3,(H,25,28). The van der Waals surface area contributed by atoms with E-state index in [2.05, 4.69) is 32.1 Å². The number of hydrogen-bond acceptors (Lipinski definition) is 5. The average molecular weight is 380 g/mol. The van der Waals surface area contributed by atoms with Gasteiger partial charge in [0.1, 0.15) is 11.5 Å². The lowest BCUT2D eigenvalue weighted by atomic mass is 9.95. The number of halogens is 1. The third-order valence-corrected chi connectivity index (χ3v) is 6.02. The van der Waals surface area contributed by atoms with Gasteiger partial charge in [0.15, 0.2) is 11.5 Å². The Balaban J connectivity index is 1.32. The predicted octanol–water partition coefficient (Wildman–Crippen LogP) is 3.06. The van der Waals surface area contributed by atoms with Crippen LogP contribution in [0.5, 0.6) is 0 Å². The highest BCUT2D eigenvalue weighted by molar-refractivity contribution is 6.02. The van der Waals surface area contributed by atoms with Crippen molar-refractivity contribution in [2.24, 2.45) is 11.3 Å². The van der Waals surface area contributed by atoms with Crippen LogP contribution in [-0.2, 0) is 0 Å². The summed E-state index contributed by atoms with van der Waals surface area (Å²) >= 11 is 0. The quantitative estimate of drug-likeness (QED) is 0.756. The number of fused-ring (bicyclic) bond motifs is 1. The van der Waals surface area contributed by atoms with Crippen LogP contribution in [0.4, 0.5) is 15.9 Å². The van der Waals surface area contributed by atoms with E-state index >= 15 is 0 Å². The van der Waals surface area contributed by atoms with Gasteiger partial charge < -0.3 is 14.6 Å². The topological polar surface area (TPSA) is 75.4 Å². The van der Waals surface area contributed by atoms with Crippen molar-refractivity contribution < 1.29 is 9.18 Å². The molecule has 1 N–H and O–H groups in total. The number of aryl methyl sites for hydroxylation is 1. The fourth-order valence-electron chi connectivity index (χ4n) is 4.16. The van der Waals surface area contributed by atoms with Gasteiger partial charge in [0, 0.05) is 31.5 Å². The maximum Gasteiger partial charge on any atom is 0.275 e. The van der Waals surface area contributed by atoms with E-state index in [4.69, 9.17) is 0 Å². The monoisotopic (exact) mass is 380 g/mol. The number of anilines is 2. The lowest BCUT2D eigenvalue weighted by Crippen LogP contribution is -2.22. The van der Waals surface area contributed by atoms with E-state index in [1.165, 1.54) is 25.1 Å². The van der Waals surface area contributed by atoms with Gasteiger partial charge in [0.25, 0.3) is 5.91 Å². The molecule has 8 heteroatoms. The molecule has 0 aromatic carbocycles. The molecular weight excluding hydrogens is 359 g/mol. The van der Waals surface area contributed by atoms with Gasteiger partial charge in [0.05, 0.1) is 23.8 Å². The van der Waals surface area contributed by atoms with Crippen molar-refractivity contribution >= 4 is 23.1 Å². The number of rotatable bonds is 3. The van der Waals surface area contributed by atoms with Crippen molar-refractivity contribution in [3.05, 3.63) is 48.1 Å². The van der Waals surface area contributed by atoms with Crippen LogP contribution in [0.15, 0.2) is 30.9 Å².